The van der Waals surface area contributed by atoms with Gasteiger partial charge < -0.3 is 20.9 Å². The highest BCUT2D eigenvalue weighted by Crippen LogP contribution is 2.41. The lowest BCUT2D eigenvalue weighted by molar-refractivity contribution is -0.158. The number of rotatable bonds is 5. The molecule has 8 nitrogen and oxygen atoms in total. The van der Waals surface area contributed by atoms with Gasteiger partial charge in [-0.05, 0) is 38.0 Å². The van der Waals surface area contributed by atoms with Crippen LogP contribution in [0.1, 0.15) is 36.7 Å². The third-order valence-corrected chi connectivity index (χ3v) is 5.94. The summed E-state index contributed by atoms with van der Waals surface area (Å²) in [4.78, 5) is 39.5. The lowest BCUT2D eigenvalue weighted by atomic mass is 10.0. The van der Waals surface area contributed by atoms with Crippen molar-refractivity contribution >= 4 is 29.5 Å². The van der Waals surface area contributed by atoms with Gasteiger partial charge in [0.15, 0.2) is 0 Å². The predicted octanol–water partition coefficient (Wildman–Crippen LogP) is 0.747. The van der Waals surface area contributed by atoms with E-state index in [2.05, 4.69) is 5.32 Å². The Hall–Kier alpha value is -2.36. The number of aliphatic hydroxyl groups is 1. The third-order valence-electron chi connectivity index (χ3n) is 4.60. The van der Waals surface area contributed by atoms with Gasteiger partial charge in [-0.1, -0.05) is 18.2 Å². The molecule has 3 rings (SSSR count). The van der Waals surface area contributed by atoms with Crippen molar-refractivity contribution in [3.8, 4) is 0 Å². The van der Waals surface area contributed by atoms with Crippen LogP contribution in [0.15, 0.2) is 35.5 Å². The Morgan fingerprint density at radius 3 is 2.66 bits per heavy atom. The molecule has 0 spiro atoms. The average Bonchev–Trinajstić information content (AvgIpc) is 2.69. The topological polar surface area (TPSA) is 122 Å². The number of nitrogens with zero attached hydrogens (tertiary/aromatic N) is 1. The van der Waals surface area contributed by atoms with Gasteiger partial charge >= 0.3 is 5.97 Å². The Morgan fingerprint density at radius 2 is 2.03 bits per heavy atom. The molecule has 2 aliphatic rings. The molecular weight excluding hydrogens is 394 g/mol. The molecule has 0 bridgehead atoms. The zero-order valence-electron chi connectivity index (χ0n) is 16.6. The second kappa shape index (κ2) is 8.17. The molecule has 0 aliphatic carbocycles. The van der Waals surface area contributed by atoms with Crippen molar-refractivity contribution < 1.29 is 24.2 Å². The van der Waals surface area contributed by atoms with E-state index in [1.165, 1.54) is 16.7 Å². The van der Waals surface area contributed by atoms with Gasteiger partial charge in [0.25, 0.3) is 11.8 Å². The summed E-state index contributed by atoms with van der Waals surface area (Å²) in [7, 11) is 0. The van der Waals surface area contributed by atoms with Crippen molar-refractivity contribution in [3.05, 3.63) is 46.7 Å². The van der Waals surface area contributed by atoms with E-state index in [4.69, 9.17) is 10.5 Å². The molecule has 2 atom stereocenters. The summed E-state index contributed by atoms with van der Waals surface area (Å²) in [5.74, 6) is -1.09. The van der Waals surface area contributed by atoms with Crippen molar-refractivity contribution in [1.29, 1.82) is 0 Å². The van der Waals surface area contributed by atoms with Crippen LogP contribution in [-0.4, -0.2) is 57.2 Å². The summed E-state index contributed by atoms with van der Waals surface area (Å²) < 4.78 is 5.41. The number of hydrogen-bond acceptors (Lipinski definition) is 7. The number of ether oxygens (including phenoxy) is 1. The highest BCUT2D eigenvalue weighted by molar-refractivity contribution is 8.00. The van der Waals surface area contributed by atoms with Crippen LogP contribution >= 0.6 is 11.8 Å². The van der Waals surface area contributed by atoms with Crippen LogP contribution in [0.2, 0.25) is 0 Å². The number of amides is 2. The molecule has 156 valence electrons. The van der Waals surface area contributed by atoms with E-state index < -0.39 is 28.9 Å². The van der Waals surface area contributed by atoms with Crippen LogP contribution in [0.4, 0.5) is 0 Å². The smallest absolute Gasteiger partial charge is 0.355 e. The Labute approximate surface area is 173 Å². The second-order valence-corrected chi connectivity index (χ2v) is 8.94. The molecular formula is C20H25N3O5S. The lowest BCUT2D eigenvalue weighted by Crippen LogP contribution is -2.70. The summed E-state index contributed by atoms with van der Waals surface area (Å²) in [5, 5.41) is 12.0. The van der Waals surface area contributed by atoms with Crippen LogP contribution in [0.3, 0.4) is 0 Å². The quantitative estimate of drug-likeness (QED) is 0.475. The number of nitrogens with two attached hydrogens (primary N) is 1. The largest absolute Gasteiger partial charge is 0.455 e. The average molecular weight is 420 g/mol. The zero-order valence-corrected chi connectivity index (χ0v) is 17.4. The first-order chi connectivity index (χ1) is 13.7. The summed E-state index contributed by atoms with van der Waals surface area (Å²) in [6, 6.07) is 6.17. The molecule has 2 amide bonds. The van der Waals surface area contributed by atoms with Crippen molar-refractivity contribution in [3.63, 3.8) is 0 Å². The number of esters is 1. The number of benzene rings is 1. The Balaban J connectivity index is 1.80. The van der Waals surface area contributed by atoms with Crippen LogP contribution in [-0.2, 0) is 20.9 Å². The van der Waals surface area contributed by atoms with Crippen LogP contribution in [0.25, 0.3) is 0 Å². The Bertz CT molecular complexity index is 877. The first-order valence-electron chi connectivity index (χ1n) is 9.27. The van der Waals surface area contributed by atoms with Crippen molar-refractivity contribution in [2.75, 3.05) is 12.4 Å². The molecule has 2 aliphatic heterocycles. The molecule has 1 aromatic rings. The molecule has 1 unspecified atom stereocenters. The fourth-order valence-corrected chi connectivity index (χ4v) is 4.59. The molecule has 1 saturated heterocycles. The van der Waals surface area contributed by atoms with Crippen LogP contribution < -0.4 is 11.1 Å². The first kappa shape index (κ1) is 21.4. The van der Waals surface area contributed by atoms with E-state index in [-0.39, 0.29) is 24.8 Å². The summed E-state index contributed by atoms with van der Waals surface area (Å²) >= 11 is 1.38. The van der Waals surface area contributed by atoms with Crippen molar-refractivity contribution in [1.82, 2.24) is 10.2 Å². The summed E-state index contributed by atoms with van der Waals surface area (Å²) in [6.07, 6.45) is 0. The number of carbonyl (C=O) groups excluding carboxylic acids is 3. The lowest BCUT2D eigenvalue weighted by Gasteiger charge is -2.49. The van der Waals surface area contributed by atoms with Gasteiger partial charge in [-0.3, -0.25) is 14.5 Å². The van der Waals surface area contributed by atoms with E-state index in [0.29, 0.717) is 22.5 Å². The fourth-order valence-electron chi connectivity index (χ4n) is 3.26. The van der Waals surface area contributed by atoms with E-state index in [9.17, 15) is 19.5 Å². The summed E-state index contributed by atoms with van der Waals surface area (Å²) in [6.45, 7) is 5.05. The number of nitrogens with one attached hydrogen (secondary N) is 1. The van der Waals surface area contributed by atoms with Gasteiger partial charge in [0, 0.05) is 17.9 Å². The number of β-lactam (4-membered cyclic amide) rings is 1. The van der Waals surface area contributed by atoms with Gasteiger partial charge in [-0.15, -0.1) is 11.8 Å². The number of fused-ring (bicyclic) bond motifs is 1. The van der Waals surface area contributed by atoms with E-state index in [0.717, 1.165) is 0 Å². The predicted molar refractivity (Wildman–Crippen MR) is 109 cm³/mol. The number of carbonyl (C=O) groups is 3. The van der Waals surface area contributed by atoms with E-state index in [1.54, 1.807) is 45.0 Å². The van der Waals surface area contributed by atoms with Crippen LogP contribution in [0, 0.1) is 0 Å². The van der Waals surface area contributed by atoms with Crippen LogP contribution in [0.5, 0.6) is 0 Å². The van der Waals surface area contributed by atoms with Crippen molar-refractivity contribution in [2.24, 2.45) is 5.73 Å². The standard InChI is InChI=1S/C20H25N3O5S/c1-20(2,3)28-19(27)15-12(9-24)10-29-18-14(17(26)23(15)18)22-16(25)13-7-5-4-6-11(13)8-21/h4-7,14,18,24H,8-10,21H2,1-3H3,(H,22,25)/t14?,18-/m1/s1. The highest BCUT2D eigenvalue weighted by Gasteiger charge is 2.54. The minimum atomic E-state index is -0.768. The van der Waals surface area contributed by atoms with Crippen molar-refractivity contribution in [2.45, 2.75) is 44.3 Å². The van der Waals surface area contributed by atoms with Gasteiger partial charge in [0.05, 0.1) is 6.61 Å². The van der Waals surface area contributed by atoms with E-state index in [1.807, 2.05) is 0 Å². The van der Waals surface area contributed by atoms with Gasteiger partial charge in [-0.25, -0.2) is 4.79 Å². The molecule has 29 heavy (non-hydrogen) atoms. The summed E-state index contributed by atoms with van der Waals surface area (Å²) in [5.41, 5.74) is 6.56. The van der Waals surface area contributed by atoms with Gasteiger partial charge in [0.1, 0.15) is 22.7 Å². The monoisotopic (exact) mass is 419 g/mol. The minimum absolute atomic E-state index is 0.0732. The fraction of sp³-hybridized carbons (Fsp3) is 0.450. The minimum Gasteiger partial charge on any atom is -0.455 e. The third kappa shape index (κ3) is 4.17. The number of aliphatic hydroxyl groups excluding tert-OH is 1. The maximum atomic E-state index is 12.8. The number of thioether (sulfide) groups is 1. The molecule has 4 N–H and O–H groups in total. The maximum absolute atomic E-state index is 12.8. The Morgan fingerprint density at radius 1 is 1.34 bits per heavy atom. The SMILES string of the molecule is CC(C)(C)OC(=O)C1=C(CO)CS[C@@H]2C(NC(=O)c3ccccc3CN)C(=O)N12. The first-order valence-corrected chi connectivity index (χ1v) is 10.3. The zero-order chi connectivity index (χ0) is 21.3. The highest BCUT2D eigenvalue weighted by atomic mass is 32.2. The molecule has 0 aromatic heterocycles. The Kier molecular flexibility index (Phi) is 6.02. The molecule has 1 fully saturated rings. The van der Waals surface area contributed by atoms with Gasteiger partial charge in [-0.2, -0.15) is 0 Å². The number of hydrogen-bond donors (Lipinski definition) is 3. The second-order valence-electron chi connectivity index (χ2n) is 7.83. The molecule has 0 saturated carbocycles. The van der Waals surface area contributed by atoms with E-state index >= 15 is 0 Å². The maximum Gasteiger partial charge on any atom is 0.355 e. The normalized spacial score (nSPS) is 21.4. The van der Waals surface area contributed by atoms with Gasteiger partial charge in [0.2, 0.25) is 0 Å². The molecule has 2 heterocycles. The molecule has 0 radical (unpaired) electrons. The molecule has 1 aromatic carbocycles. The molecule has 9 heteroatoms.